The predicted octanol–water partition coefficient (Wildman–Crippen LogP) is 2.73. The lowest BCUT2D eigenvalue weighted by molar-refractivity contribution is 0.481. The van der Waals surface area contributed by atoms with Gasteiger partial charge in [-0.2, -0.15) is 5.10 Å². The van der Waals surface area contributed by atoms with Crippen LogP contribution in [-0.4, -0.2) is 32.3 Å². The second-order valence-corrected chi connectivity index (χ2v) is 7.26. The molecule has 2 aliphatic rings. The van der Waals surface area contributed by atoms with Crippen LogP contribution >= 0.6 is 0 Å². The zero-order valence-corrected chi connectivity index (χ0v) is 14.6. The molecule has 6 nitrogen and oxygen atoms in total. The number of nitrogens with zero attached hydrogens (tertiary/aromatic N) is 5. The first-order valence-electron chi connectivity index (χ1n) is 9.34. The minimum absolute atomic E-state index is 0.0196. The Morgan fingerprint density at radius 1 is 1.04 bits per heavy atom. The average Bonchev–Trinajstić information content (AvgIpc) is 3.42. The van der Waals surface area contributed by atoms with Crippen LogP contribution in [-0.2, 0) is 6.54 Å². The van der Waals surface area contributed by atoms with Gasteiger partial charge in [-0.1, -0.05) is 12.1 Å². The summed E-state index contributed by atoms with van der Waals surface area (Å²) in [6, 6.07) is 11.9. The molecule has 3 heterocycles. The van der Waals surface area contributed by atoms with Gasteiger partial charge in [0.2, 0.25) is 0 Å². The highest BCUT2D eigenvalue weighted by Crippen LogP contribution is 2.38. The molecule has 0 amide bonds. The lowest BCUT2D eigenvalue weighted by atomic mass is 10.2. The Kier molecular flexibility index (Phi) is 3.69. The monoisotopic (exact) mass is 347 g/mol. The number of benzene rings is 1. The van der Waals surface area contributed by atoms with Gasteiger partial charge in [-0.25, -0.2) is 14.6 Å². The van der Waals surface area contributed by atoms with Crippen molar-refractivity contribution in [3.05, 3.63) is 58.8 Å². The second-order valence-electron chi connectivity index (χ2n) is 7.26. The summed E-state index contributed by atoms with van der Waals surface area (Å²) < 4.78 is 1.65. The Morgan fingerprint density at radius 2 is 1.92 bits per heavy atom. The molecule has 0 N–H and O–H groups in total. The SMILES string of the molecule is O=c1ccc(C2CC2)nn1CC1CCCN1c1ncnc2ccccc12. The third-order valence-corrected chi connectivity index (χ3v) is 5.44. The number of para-hydroxylation sites is 1. The molecule has 1 saturated heterocycles. The van der Waals surface area contributed by atoms with Crippen LogP contribution < -0.4 is 10.5 Å². The highest BCUT2D eigenvalue weighted by Gasteiger charge is 2.29. The fourth-order valence-electron chi connectivity index (χ4n) is 3.92. The first kappa shape index (κ1) is 15.5. The minimum Gasteiger partial charge on any atom is -0.351 e. The van der Waals surface area contributed by atoms with Crippen LogP contribution in [0.15, 0.2) is 47.5 Å². The van der Waals surface area contributed by atoms with E-state index in [9.17, 15) is 4.79 Å². The number of fused-ring (bicyclic) bond motifs is 1. The van der Waals surface area contributed by atoms with Gasteiger partial charge in [-0.15, -0.1) is 0 Å². The van der Waals surface area contributed by atoms with Crippen molar-refractivity contribution in [2.24, 2.45) is 0 Å². The van der Waals surface area contributed by atoms with E-state index in [0.29, 0.717) is 12.5 Å². The Hall–Kier alpha value is -2.76. The Morgan fingerprint density at radius 3 is 2.81 bits per heavy atom. The van der Waals surface area contributed by atoms with Crippen molar-refractivity contribution < 1.29 is 0 Å². The summed E-state index contributed by atoms with van der Waals surface area (Å²) in [7, 11) is 0. The van der Waals surface area contributed by atoms with E-state index in [1.165, 1.54) is 12.8 Å². The molecule has 2 aromatic heterocycles. The molecule has 1 aliphatic heterocycles. The smallest absolute Gasteiger partial charge is 0.266 e. The Balaban J connectivity index is 1.48. The Labute approximate surface area is 151 Å². The van der Waals surface area contributed by atoms with Gasteiger partial charge in [0.1, 0.15) is 12.1 Å². The molecule has 1 saturated carbocycles. The van der Waals surface area contributed by atoms with E-state index in [1.807, 2.05) is 24.3 Å². The lowest BCUT2D eigenvalue weighted by Gasteiger charge is -2.26. The quantitative estimate of drug-likeness (QED) is 0.726. The summed E-state index contributed by atoms with van der Waals surface area (Å²) in [6.45, 7) is 1.56. The maximum Gasteiger partial charge on any atom is 0.266 e. The van der Waals surface area contributed by atoms with Crippen LogP contribution in [0, 0.1) is 0 Å². The molecule has 0 spiro atoms. The zero-order chi connectivity index (χ0) is 17.5. The molecule has 0 bridgehead atoms. The van der Waals surface area contributed by atoms with Gasteiger partial charge in [0.05, 0.1) is 23.8 Å². The van der Waals surface area contributed by atoms with Gasteiger partial charge in [0, 0.05) is 23.9 Å². The van der Waals surface area contributed by atoms with Crippen LogP contribution in [0.4, 0.5) is 5.82 Å². The van der Waals surface area contributed by atoms with Crippen molar-refractivity contribution in [3.63, 3.8) is 0 Å². The van der Waals surface area contributed by atoms with E-state index < -0.39 is 0 Å². The number of anilines is 1. The molecule has 1 aliphatic carbocycles. The summed E-state index contributed by atoms with van der Waals surface area (Å²) in [6.07, 6.45) is 6.15. The molecular weight excluding hydrogens is 326 g/mol. The highest BCUT2D eigenvalue weighted by molar-refractivity contribution is 5.89. The fraction of sp³-hybridized carbons (Fsp3) is 0.400. The molecule has 6 heteroatoms. The summed E-state index contributed by atoms with van der Waals surface area (Å²) in [5.74, 6) is 1.51. The van der Waals surface area contributed by atoms with Crippen molar-refractivity contribution in [3.8, 4) is 0 Å². The van der Waals surface area contributed by atoms with Gasteiger partial charge < -0.3 is 4.90 Å². The van der Waals surface area contributed by atoms with Crippen molar-refractivity contribution in [2.75, 3.05) is 11.4 Å². The summed E-state index contributed by atoms with van der Waals surface area (Å²) in [4.78, 5) is 23.6. The molecule has 1 unspecified atom stereocenters. The molecule has 5 rings (SSSR count). The third-order valence-electron chi connectivity index (χ3n) is 5.44. The molecular formula is C20H21N5O. The van der Waals surface area contributed by atoms with E-state index in [2.05, 4.69) is 26.0 Å². The van der Waals surface area contributed by atoms with Gasteiger partial charge >= 0.3 is 0 Å². The van der Waals surface area contributed by atoms with Crippen LogP contribution in [0.25, 0.3) is 10.9 Å². The first-order chi connectivity index (χ1) is 12.8. The van der Waals surface area contributed by atoms with E-state index in [4.69, 9.17) is 0 Å². The molecule has 3 aromatic rings. The van der Waals surface area contributed by atoms with Gasteiger partial charge in [-0.3, -0.25) is 4.79 Å². The average molecular weight is 347 g/mol. The maximum atomic E-state index is 12.3. The minimum atomic E-state index is -0.0196. The van der Waals surface area contributed by atoms with E-state index in [1.54, 1.807) is 17.1 Å². The second kappa shape index (κ2) is 6.20. The largest absolute Gasteiger partial charge is 0.351 e. The number of hydrogen-bond acceptors (Lipinski definition) is 5. The van der Waals surface area contributed by atoms with Gasteiger partial charge in [0.15, 0.2) is 0 Å². The Bertz CT molecular complexity index is 1010. The van der Waals surface area contributed by atoms with Crippen molar-refractivity contribution >= 4 is 16.7 Å². The topological polar surface area (TPSA) is 63.9 Å². The standard InChI is InChI=1S/C20H21N5O/c26-19-10-9-17(14-7-8-14)23-25(19)12-15-4-3-11-24(15)20-16-5-1-2-6-18(16)21-13-22-20/h1-2,5-6,9-10,13-15H,3-4,7-8,11-12H2. The molecule has 2 fully saturated rings. The fourth-order valence-corrected chi connectivity index (χ4v) is 3.92. The van der Waals surface area contributed by atoms with Gasteiger partial charge in [0.25, 0.3) is 5.56 Å². The van der Waals surface area contributed by atoms with Gasteiger partial charge in [-0.05, 0) is 43.9 Å². The number of aromatic nitrogens is 4. The summed E-state index contributed by atoms with van der Waals surface area (Å²) in [5.41, 5.74) is 1.99. The first-order valence-corrected chi connectivity index (χ1v) is 9.34. The molecule has 26 heavy (non-hydrogen) atoms. The van der Waals surface area contributed by atoms with E-state index >= 15 is 0 Å². The summed E-state index contributed by atoms with van der Waals surface area (Å²) >= 11 is 0. The molecule has 1 aromatic carbocycles. The van der Waals surface area contributed by atoms with Crippen LogP contribution in [0.3, 0.4) is 0 Å². The summed E-state index contributed by atoms with van der Waals surface area (Å²) in [5, 5.41) is 5.70. The van der Waals surface area contributed by atoms with Crippen molar-refractivity contribution in [2.45, 2.75) is 44.2 Å². The van der Waals surface area contributed by atoms with Crippen LogP contribution in [0.5, 0.6) is 0 Å². The number of rotatable bonds is 4. The highest BCUT2D eigenvalue weighted by atomic mass is 16.1. The number of hydrogen-bond donors (Lipinski definition) is 0. The van der Waals surface area contributed by atoms with Crippen LogP contribution in [0.1, 0.15) is 37.3 Å². The van der Waals surface area contributed by atoms with Crippen LogP contribution in [0.2, 0.25) is 0 Å². The zero-order valence-electron chi connectivity index (χ0n) is 14.6. The lowest BCUT2D eigenvalue weighted by Crippen LogP contribution is -2.37. The predicted molar refractivity (Wildman–Crippen MR) is 100 cm³/mol. The molecule has 0 radical (unpaired) electrons. The normalized spacial score (nSPS) is 20.0. The molecule has 1 atom stereocenters. The third kappa shape index (κ3) is 2.75. The maximum absolute atomic E-state index is 12.3. The van der Waals surface area contributed by atoms with Crippen molar-refractivity contribution in [1.29, 1.82) is 0 Å². The molecule has 132 valence electrons. The van der Waals surface area contributed by atoms with E-state index in [0.717, 1.165) is 41.8 Å². The van der Waals surface area contributed by atoms with Crippen molar-refractivity contribution in [1.82, 2.24) is 19.7 Å². The van der Waals surface area contributed by atoms with E-state index in [-0.39, 0.29) is 11.6 Å².